The summed E-state index contributed by atoms with van der Waals surface area (Å²) in [4.78, 5) is 10.8. The zero-order valence-corrected chi connectivity index (χ0v) is 12.0. The Labute approximate surface area is 124 Å². The number of hydrogen-bond acceptors (Lipinski definition) is 3. The number of hydrogen-bond donors (Lipinski definition) is 2. The monoisotopic (exact) mass is 285 g/mol. The van der Waals surface area contributed by atoms with Crippen molar-refractivity contribution in [1.29, 1.82) is 0 Å². The van der Waals surface area contributed by atoms with Crippen molar-refractivity contribution in [3.63, 3.8) is 0 Å². The van der Waals surface area contributed by atoms with Crippen molar-refractivity contribution in [3.8, 4) is 5.75 Å². The second-order valence-electron chi connectivity index (χ2n) is 4.94. The fourth-order valence-electron chi connectivity index (χ4n) is 2.10. The molecule has 2 aromatic carbocycles. The van der Waals surface area contributed by atoms with Gasteiger partial charge in [-0.3, -0.25) is 0 Å². The average molecular weight is 285 g/mol. The van der Waals surface area contributed by atoms with Gasteiger partial charge >= 0.3 is 5.97 Å². The van der Waals surface area contributed by atoms with Crippen LogP contribution < -0.4 is 10.5 Å². The van der Waals surface area contributed by atoms with E-state index < -0.39 is 5.97 Å². The van der Waals surface area contributed by atoms with Gasteiger partial charge in [-0.15, -0.1) is 0 Å². The van der Waals surface area contributed by atoms with Gasteiger partial charge in [0.25, 0.3) is 0 Å². The Morgan fingerprint density at radius 2 is 1.90 bits per heavy atom. The Hall–Kier alpha value is -2.33. The summed E-state index contributed by atoms with van der Waals surface area (Å²) >= 11 is 0. The van der Waals surface area contributed by atoms with Gasteiger partial charge in [0, 0.05) is 0 Å². The van der Waals surface area contributed by atoms with Crippen molar-refractivity contribution in [1.82, 2.24) is 0 Å². The van der Waals surface area contributed by atoms with Crippen LogP contribution in [0.15, 0.2) is 42.5 Å². The molecule has 0 bridgehead atoms. The van der Waals surface area contributed by atoms with E-state index in [0.29, 0.717) is 13.2 Å². The van der Waals surface area contributed by atoms with Gasteiger partial charge in [-0.1, -0.05) is 29.8 Å². The molecule has 0 radical (unpaired) electrons. The van der Waals surface area contributed by atoms with Crippen molar-refractivity contribution in [2.45, 2.75) is 20.0 Å². The van der Waals surface area contributed by atoms with Crippen molar-refractivity contribution >= 4 is 5.97 Å². The maximum atomic E-state index is 10.8. The molecule has 3 N–H and O–H groups in total. The van der Waals surface area contributed by atoms with Crippen LogP contribution in [0.25, 0.3) is 0 Å². The molecule has 0 saturated carbocycles. The van der Waals surface area contributed by atoms with Crippen LogP contribution in [0, 0.1) is 6.92 Å². The van der Waals surface area contributed by atoms with Crippen molar-refractivity contribution in [3.05, 3.63) is 64.7 Å². The lowest BCUT2D eigenvalue weighted by molar-refractivity contribution is 0.0697. The van der Waals surface area contributed by atoms with Crippen LogP contribution in [0.3, 0.4) is 0 Å². The van der Waals surface area contributed by atoms with E-state index in [4.69, 9.17) is 15.6 Å². The van der Waals surface area contributed by atoms with Gasteiger partial charge in [-0.05, 0) is 49.2 Å². The van der Waals surface area contributed by atoms with Gasteiger partial charge < -0.3 is 15.6 Å². The van der Waals surface area contributed by atoms with Crippen LogP contribution in [0.2, 0.25) is 0 Å². The molecule has 0 atom stereocenters. The summed E-state index contributed by atoms with van der Waals surface area (Å²) in [6.07, 6.45) is 0.773. The lowest BCUT2D eigenvalue weighted by atomic mass is 10.1. The minimum Gasteiger partial charge on any atom is -0.489 e. The molecule has 0 aliphatic heterocycles. The van der Waals surface area contributed by atoms with E-state index in [9.17, 15) is 4.79 Å². The van der Waals surface area contributed by atoms with Crippen LogP contribution in [0.1, 0.15) is 27.0 Å². The van der Waals surface area contributed by atoms with Gasteiger partial charge in [0.15, 0.2) is 0 Å². The molecule has 0 aromatic heterocycles. The van der Waals surface area contributed by atoms with Crippen molar-refractivity contribution < 1.29 is 14.6 Å². The molecule has 2 rings (SSSR count). The molecule has 0 unspecified atom stereocenters. The van der Waals surface area contributed by atoms with Gasteiger partial charge in [0.2, 0.25) is 0 Å². The minimum atomic E-state index is -0.925. The number of aryl methyl sites for hydroxylation is 1. The number of carboxylic acid groups (broad SMARTS) is 1. The molecular formula is C17H19NO3. The standard InChI is InChI=1S/C17H19NO3/c1-12-2-7-16(15(10-12)8-9-18)21-11-13-3-5-14(6-4-13)17(19)20/h2-7,10H,8-9,11,18H2,1H3,(H,19,20). The summed E-state index contributed by atoms with van der Waals surface area (Å²) in [5.74, 6) is -0.0976. The number of aromatic carboxylic acids is 1. The largest absolute Gasteiger partial charge is 0.489 e. The first-order valence-electron chi connectivity index (χ1n) is 6.85. The first-order chi connectivity index (χ1) is 10.1. The Morgan fingerprint density at radius 1 is 1.19 bits per heavy atom. The van der Waals surface area contributed by atoms with Crippen LogP contribution in [-0.4, -0.2) is 17.6 Å². The molecule has 0 saturated heterocycles. The number of nitrogens with two attached hydrogens (primary N) is 1. The summed E-state index contributed by atoms with van der Waals surface area (Å²) < 4.78 is 5.83. The normalized spacial score (nSPS) is 10.4. The van der Waals surface area contributed by atoms with E-state index >= 15 is 0 Å². The van der Waals surface area contributed by atoms with E-state index in [1.807, 2.05) is 19.1 Å². The molecule has 21 heavy (non-hydrogen) atoms. The lowest BCUT2D eigenvalue weighted by Gasteiger charge is -2.12. The predicted molar refractivity (Wildman–Crippen MR) is 81.7 cm³/mol. The van der Waals surface area contributed by atoms with Crippen molar-refractivity contribution in [2.75, 3.05) is 6.54 Å². The van der Waals surface area contributed by atoms with Gasteiger partial charge in [0.1, 0.15) is 12.4 Å². The third-order valence-corrected chi connectivity index (χ3v) is 3.22. The first kappa shape index (κ1) is 15.1. The number of carboxylic acids is 1. The van der Waals surface area contributed by atoms with Crippen molar-refractivity contribution in [2.24, 2.45) is 5.73 Å². The highest BCUT2D eigenvalue weighted by Crippen LogP contribution is 2.21. The molecule has 110 valence electrons. The zero-order chi connectivity index (χ0) is 15.2. The number of benzene rings is 2. The highest BCUT2D eigenvalue weighted by molar-refractivity contribution is 5.87. The summed E-state index contributed by atoms with van der Waals surface area (Å²) in [7, 11) is 0. The fraction of sp³-hybridized carbons (Fsp3) is 0.235. The summed E-state index contributed by atoms with van der Waals surface area (Å²) in [5.41, 5.74) is 9.10. The Kier molecular flexibility index (Phi) is 4.95. The molecule has 0 fully saturated rings. The molecule has 0 amide bonds. The highest BCUT2D eigenvalue weighted by atomic mass is 16.5. The third kappa shape index (κ3) is 4.07. The van der Waals surface area contributed by atoms with E-state index in [0.717, 1.165) is 23.3 Å². The maximum Gasteiger partial charge on any atom is 0.335 e. The van der Waals surface area contributed by atoms with Gasteiger partial charge in [-0.25, -0.2) is 4.79 Å². The molecule has 0 heterocycles. The Balaban J connectivity index is 2.07. The number of ether oxygens (including phenoxy) is 1. The van der Waals surface area contributed by atoms with E-state index in [1.54, 1.807) is 24.3 Å². The summed E-state index contributed by atoms with van der Waals surface area (Å²) in [5, 5.41) is 8.86. The van der Waals surface area contributed by atoms with Crippen LogP contribution in [-0.2, 0) is 13.0 Å². The van der Waals surface area contributed by atoms with E-state index in [-0.39, 0.29) is 5.56 Å². The molecule has 0 aliphatic rings. The Bertz CT molecular complexity index is 620. The third-order valence-electron chi connectivity index (χ3n) is 3.22. The Morgan fingerprint density at radius 3 is 2.52 bits per heavy atom. The SMILES string of the molecule is Cc1ccc(OCc2ccc(C(=O)O)cc2)c(CCN)c1. The second-order valence-corrected chi connectivity index (χ2v) is 4.94. The predicted octanol–water partition coefficient (Wildman–Crippen LogP) is 2.77. The van der Waals surface area contributed by atoms with Crippen LogP contribution >= 0.6 is 0 Å². The van der Waals surface area contributed by atoms with E-state index in [1.165, 1.54) is 5.56 Å². The van der Waals surface area contributed by atoms with E-state index in [2.05, 4.69) is 6.07 Å². The number of rotatable bonds is 6. The van der Waals surface area contributed by atoms with Gasteiger partial charge in [-0.2, -0.15) is 0 Å². The smallest absolute Gasteiger partial charge is 0.335 e. The van der Waals surface area contributed by atoms with Crippen LogP contribution in [0.5, 0.6) is 5.75 Å². The highest BCUT2D eigenvalue weighted by Gasteiger charge is 2.05. The second kappa shape index (κ2) is 6.90. The maximum absolute atomic E-state index is 10.8. The average Bonchev–Trinajstić information content (AvgIpc) is 2.47. The molecule has 4 nitrogen and oxygen atoms in total. The summed E-state index contributed by atoms with van der Waals surface area (Å²) in [6.45, 7) is 3.02. The minimum absolute atomic E-state index is 0.276. The molecule has 0 aliphatic carbocycles. The topological polar surface area (TPSA) is 72.5 Å². The molecule has 0 spiro atoms. The molecular weight excluding hydrogens is 266 g/mol. The first-order valence-corrected chi connectivity index (χ1v) is 6.85. The number of carbonyl (C=O) groups is 1. The quantitative estimate of drug-likeness (QED) is 0.856. The zero-order valence-electron chi connectivity index (χ0n) is 12.0. The summed E-state index contributed by atoms with van der Waals surface area (Å²) in [6, 6.07) is 12.7. The van der Waals surface area contributed by atoms with Crippen LogP contribution in [0.4, 0.5) is 0 Å². The van der Waals surface area contributed by atoms with Gasteiger partial charge in [0.05, 0.1) is 5.56 Å². The molecule has 2 aromatic rings. The lowest BCUT2D eigenvalue weighted by Crippen LogP contribution is -2.06. The molecule has 4 heteroatoms. The fourth-order valence-corrected chi connectivity index (χ4v) is 2.10.